The molecular weight excluding hydrogens is 420 g/mol. The first kappa shape index (κ1) is 20.7. The minimum atomic E-state index is -0.597. The number of piperazine rings is 1. The summed E-state index contributed by atoms with van der Waals surface area (Å²) >= 11 is 5.93. The molecule has 0 bridgehead atoms. The minimum Gasteiger partial charge on any atom is -0.463 e. The maximum Gasteiger partial charge on any atom is 0.261 e. The van der Waals surface area contributed by atoms with E-state index >= 15 is 0 Å². The van der Waals surface area contributed by atoms with Gasteiger partial charge in [0.1, 0.15) is 11.3 Å². The van der Waals surface area contributed by atoms with Crippen molar-refractivity contribution in [2.75, 3.05) is 37.6 Å². The fourth-order valence-corrected chi connectivity index (χ4v) is 3.58. The van der Waals surface area contributed by atoms with Gasteiger partial charge in [-0.25, -0.2) is 0 Å². The van der Waals surface area contributed by atoms with Gasteiger partial charge in [0.15, 0.2) is 0 Å². The molecule has 1 aromatic carbocycles. The third-order valence-electron chi connectivity index (χ3n) is 5.17. The zero-order chi connectivity index (χ0) is 21.8. The highest BCUT2D eigenvalue weighted by molar-refractivity contribution is 6.30. The van der Waals surface area contributed by atoms with E-state index in [9.17, 15) is 14.4 Å². The van der Waals surface area contributed by atoms with Crippen molar-refractivity contribution in [3.05, 3.63) is 75.7 Å². The third kappa shape index (κ3) is 4.80. The molecule has 2 amide bonds. The highest BCUT2D eigenvalue weighted by atomic mass is 35.5. The van der Waals surface area contributed by atoms with E-state index in [0.717, 1.165) is 5.69 Å². The van der Waals surface area contributed by atoms with E-state index in [1.165, 1.54) is 12.3 Å². The van der Waals surface area contributed by atoms with Crippen molar-refractivity contribution in [1.82, 2.24) is 15.2 Å². The van der Waals surface area contributed by atoms with E-state index in [4.69, 9.17) is 16.0 Å². The van der Waals surface area contributed by atoms with Crippen LogP contribution in [0.3, 0.4) is 0 Å². The van der Waals surface area contributed by atoms with Crippen LogP contribution >= 0.6 is 11.6 Å². The number of rotatable bonds is 5. The molecule has 2 aromatic heterocycles. The Morgan fingerprint density at radius 1 is 1.03 bits per heavy atom. The number of H-pyrrole nitrogens is 1. The predicted octanol–water partition coefficient (Wildman–Crippen LogP) is 2.37. The number of aromatic amines is 1. The van der Waals surface area contributed by atoms with Crippen LogP contribution in [0.4, 0.5) is 5.69 Å². The molecule has 9 heteroatoms. The topological polar surface area (TPSA) is 98.7 Å². The Labute approximate surface area is 183 Å². The summed E-state index contributed by atoms with van der Waals surface area (Å²) in [5.74, 6) is -0.287. The summed E-state index contributed by atoms with van der Waals surface area (Å²) in [5, 5.41) is 3.22. The molecule has 1 aliphatic rings. The maximum atomic E-state index is 12.5. The Hall–Kier alpha value is -3.52. The van der Waals surface area contributed by atoms with Crippen LogP contribution in [-0.2, 0) is 4.79 Å². The van der Waals surface area contributed by atoms with Gasteiger partial charge in [0, 0.05) is 36.9 Å². The van der Waals surface area contributed by atoms with Crippen LogP contribution in [0.5, 0.6) is 0 Å². The van der Waals surface area contributed by atoms with Crippen molar-refractivity contribution in [3.8, 4) is 11.5 Å². The van der Waals surface area contributed by atoms with E-state index in [1.54, 1.807) is 23.1 Å². The average Bonchev–Trinajstić information content (AvgIpc) is 3.33. The summed E-state index contributed by atoms with van der Waals surface area (Å²) in [6.45, 7) is 2.31. The first-order valence-corrected chi connectivity index (χ1v) is 10.2. The lowest BCUT2D eigenvalue weighted by atomic mass is 10.2. The number of amides is 2. The molecule has 2 N–H and O–H groups in total. The predicted molar refractivity (Wildman–Crippen MR) is 117 cm³/mol. The number of benzene rings is 1. The zero-order valence-corrected chi connectivity index (χ0v) is 17.4. The van der Waals surface area contributed by atoms with Gasteiger partial charge in [-0.15, -0.1) is 0 Å². The number of carbonyl (C=O) groups is 2. The van der Waals surface area contributed by atoms with Crippen LogP contribution in [0.1, 0.15) is 10.4 Å². The van der Waals surface area contributed by atoms with Crippen molar-refractivity contribution in [2.45, 2.75) is 0 Å². The standard InChI is InChI=1S/C22H21ClN4O4/c23-15-3-5-16(6-4-15)26-9-11-27(12-10-26)20(28)14-24-21(29)17-7-8-18(25-22(17)30)19-2-1-13-31-19/h1-8,13H,9-12,14H2,(H,24,29)(H,25,30). The van der Waals surface area contributed by atoms with Crippen molar-refractivity contribution in [3.63, 3.8) is 0 Å². The fraction of sp³-hybridized carbons (Fsp3) is 0.227. The van der Waals surface area contributed by atoms with Gasteiger partial charge in [-0.2, -0.15) is 0 Å². The average molecular weight is 441 g/mol. The van der Waals surface area contributed by atoms with E-state index in [0.29, 0.717) is 42.7 Å². The number of furan rings is 1. The quantitative estimate of drug-likeness (QED) is 0.634. The molecule has 0 spiro atoms. The van der Waals surface area contributed by atoms with Crippen LogP contribution in [0.25, 0.3) is 11.5 Å². The zero-order valence-electron chi connectivity index (χ0n) is 16.6. The molecule has 1 aliphatic heterocycles. The largest absolute Gasteiger partial charge is 0.463 e. The van der Waals surface area contributed by atoms with Gasteiger partial charge < -0.3 is 24.5 Å². The Morgan fingerprint density at radius 2 is 1.77 bits per heavy atom. The van der Waals surface area contributed by atoms with Gasteiger partial charge in [0.05, 0.1) is 18.5 Å². The SMILES string of the molecule is O=C(NCC(=O)N1CCN(c2ccc(Cl)cc2)CC1)c1ccc(-c2ccco2)[nH]c1=O. The number of pyridine rings is 1. The minimum absolute atomic E-state index is 0.0596. The molecule has 31 heavy (non-hydrogen) atoms. The number of hydrogen-bond donors (Lipinski definition) is 2. The van der Waals surface area contributed by atoms with E-state index in [1.807, 2.05) is 24.3 Å². The van der Waals surface area contributed by atoms with Crippen LogP contribution in [-0.4, -0.2) is 54.4 Å². The molecular formula is C22H21ClN4O4. The highest BCUT2D eigenvalue weighted by Crippen LogP contribution is 2.19. The number of hydrogen-bond acceptors (Lipinski definition) is 5. The number of nitrogens with zero attached hydrogens (tertiary/aromatic N) is 2. The Bertz CT molecular complexity index is 1120. The molecule has 4 rings (SSSR count). The van der Waals surface area contributed by atoms with E-state index < -0.39 is 11.5 Å². The Balaban J connectivity index is 1.29. The molecule has 0 saturated carbocycles. The Morgan fingerprint density at radius 3 is 2.42 bits per heavy atom. The molecule has 0 unspecified atom stereocenters. The van der Waals surface area contributed by atoms with Crippen molar-refractivity contribution >= 4 is 29.1 Å². The lowest BCUT2D eigenvalue weighted by Gasteiger charge is -2.36. The number of carbonyl (C=O) groups excluding carboxylic acids is 2. The molecule has 1 saturated heterocycles. The highest BCUT2D eigenvalue weighted by Gasteiger charge is 2.22. The van der Waals surface area contributed by atoms with Crippen molar-refractivity contribution < 1.29 is 14.0 Å². The van der Waals surface area contributed by atoms with Crippen LogP contribution in [0.15, 0.2) is 64.0 Å². The molecule has 1 fully saturated rings. The van der Waals surface area contributed by atoms with Crippen LogP contribution < -0.4 is 15.8 Å². The van der Waals surface area contributed by atoms with E-state index in [2.05, 4.69) is 15.2 Å². The molecule has 0 aliphatic carbocycles. The maximum absolute atomic E-state index is 12.5. The van der Waals surface area contributed by atoms with Gasteiger partial charge in [-0.3, -0.25) is 14.4 Å². The number of nitrogens with one attached hydrogen (secondary N) is 2. The summed E-state index contributed by atoms with van der Waals surface area (Å²) in [4.78, 5) is 43.6. The fourth-order valence-electron chi connectivity index (χ4n) is 3.46. The monoisotopic (exact) mass is 440 g/mol. The third-order valence-corrected chi connectivity index (χ3v) is 5.42. The van der Waals surface area contributed by atoms with Gasteiger partial charge in [-0.05, 0) is 48.5 Å². The number of anilines is 1. The number of aromatic nitrogens is 1. The van der Waals surface area contributed by atoms with Crippen LogP contribution in [0, 0.1) is 0 Å². The summed E-state index contributed by atoms with van der Waals surface area (Å²) in [6.07, 6.45) is 1.50. The van der Waals surface area contributed by atoms with Crippen LogP contribution in [0.2, 0.25) is 5.02 Å². The van der Waals surface area contributed by atoms with Gasteiger partial charge >= 0.3 is 0 Å². The van der Waals surface area contributed by atoms with Gasteiger partial charge in [-0.1, -0.05) is 11.6 Å². The van der Waals surface area contributed by atoms with Gasteiger partial charge in [0.2, 0.25) is 5.91 Å². The Kier molecular flexibility index (Phi) is 6.08. The molecule has 3 heterocycles. The lowest BCUT2D eigenvalue weighted by molar-refractivity contribution is -0.130. The second kappa shape index (κ2) is 9.09. The molecule has 8 nitrogen and oxygen atoms in total. The molecule has 3 aromatic rings. The first-order chi connectivity index (χ1) is 15.0. The molecule has 0 atom stereocenters. The summed E-state index contributed by atoms with van der Waals surface area (Å²) in [6, 6.07) is 14.0. The van der Waals surface area contributed by atoms with Crippen molar-refractivity contribution in [1.29, 1.82) is 0 Å². The second-order valence-corrected chi connectivity index (χ2v) is 7.56. The normalized spacial score (nSPS) is 13.8. The number of halogens is 1. The molecule has 160 valence electrons. The van der Waals surface area contributed by atoms with Gasteiger partial charge in [0.25, 0.3) is 11.5 Å². The lowest BCUT2D eigenvalue weighted by Crippen LogP contribution is -2.51. The van der Waals surface area contributed by atoms with Crippen molar-refractivity contribution in [2.24, 2.45) is 0 Å². The summed E-state index contributed by atoms with van der Waals surface area (Å²) in [7, 11) is 0. The smallest absolute Gasteiger partial charge is 0.261 e. The summed E-state index contributed by atoms with van der Waals surface area (Å²) in [5.41, 5.74) is 0.925. The molecule has 0 radical (unpaired) electrons. The second-order valence-electron chi connectivity index (χ2n) is 7.12. The first-order valence-electron chi connectivity index (χ1n) is 9.85. The van der Waals surface area contributed by atoms with E-state index in [-0.39, 0.29) is 18.0 Å². The summed E-state index contributed by atoms with van der Waals surface area (Å²) < 4.78 is 5.23.